The summed E-state index contributed by atoms with van der Waals surface area (Å²) in [6.45, 7) is 0. The summed E-state index contributed by atoms with van der Waals surface area (Å²) < 4.78 is 23.1. The molecule has 1 aliphatic heterocycles. The molecule has 15 bridgehead atoms. The lowest BCUT2D eigenvalue weighted by molar-refractivity contribution is -0.616. The maximum Gasteiger partial charge on any atom is 0.283 e. The van der Waals surface area contributed by atoms with Crippen LogP contribution in [-0.4, -0.2) is 0 Å². The molecule has 0 unspecified atom stereocenters. The highest BCUT2D eigenvalue weighted by Crippen LogP contribution is 2.30. The fraction of sp³-hybridized carbons (Fsp3) is 0. The van der Waals surface area contributed by atoms with Crippen LogP contribution in [0.5, 0.6) is 0 Å². The Balaban J connectivity index is 0.723. The Morgan fingerprint density at radius 3 is 0.318 bits per heavy atom. The van der Waals surface area contributed by atoms with E-state index in [0.29, 0.717) is 0 Å². The summed E-state index contributed by atoms with van der Waals surface area (Å²) in [5, 5.41) is 11.4. The van der Waals surface area contributed by atoms with E-state index in [1.54, 1.807) is 0 Å². The number of pyridine rings is 10. The Hall–Kier alpha value is -15.0. The molecule has 1 aliphatic rings. The summed E-state index contributed by atoms with van der Waals surface area (Å²) in [5.74, 6) is 0. The Morgan fingerprint density at radius 2 is 0.209 bits per heavy atom. The molecule has 110 heavy (non-hydrogen) atoms. The van der Waals surface area contributed by atoms with Crippen LogP contribution in [0.25, 0.3) is 168 Å². The Labute approximate surface area is 635 Å². The van der Waals surface area contributed by atoms with Crippen molar-refractivity contribution >= 4 is 53.9 Å². The molecule has 10 aromatic heterocycles. The molecule has 0 saturated heterocycles. The maximum absolute atomic E-state index is 2.32. The van der Waals surface area contributed by atoms with Crippen molar-refractivity contribution in [2.45, 2.75) is 0 Å². The van der Waals surface area contributed by atoms with E-state index in [9.17, 15) is 0 Å². The fourth-order valence-corrected chi connectivity index (χ4v) is 16.4. The summed E-state index contributed by atoms with van der Waals surface area (Å²) in [7, 11) is 0. The maximum atomic E-state index is 2.32. The van der Waals surface area contributed by atoms with Crippen LogP contribution >= 0.6 is 0 Å². The van der Waals surface area contributed by atoms with Gasteiger partial charge in [0.2, 0.25) is 56.9 Å². The van der Waals surface area contributed by atoms with Crippen LogP contribution in [0, 0.1) is 0 Å². The van der Waals surface area contributed by atoms with Crippen molar-refractivity contribution in [1.29, 1.82) is 0 Å². The number of nitrogens with zero attached hydrogens (tertiary/aromatic N) is 10. The van der Waals surface area contributed by atoms with Crippen molar-refractivity contribution in [1.82, 2.24) is 0 Å². The van der Waals surface area contributed by atoms with Crippen LogP contribution in [0.1, 0.15) is 0 Å². The van der Waals surface area contributed by atoms with E-state index >= 15 is 0 Å². The van der Waals surface area contributed by atoms with E-state index in [2.05, 4.69) is 472 Å². The van der Waals surface area contributed by atoms with Crippen LogP contribution in [0.4, 0.5) is 0 Å². The van der Waals surface area contributed by atoms with Gasteiger partial charge >= 0.3 is 0 Å². The van der Waals surface area contributed by atoms with Gasteiger partial charge in [0.1, 0.15) is 0 Å². The Bertz CT molecular complexity index is 5760. The van der Waals surface area contributed by atoms with Gasteiger partial charge in [-0.15, -0.1) is 0 Å². The molecule has 0 spiro atoms. The fourth-order valence-electron chi connectivity index (χ4n) is 16.4. The zero-order chi connectivity index (χ0) is 72.6. The van der Waals surface area contributed by atoms with E-state index in [4.69, 9.17) is 0 Å². The average Bonchev–Trinajstić information content (AvgIpc) is 0.776. The van der Waals surface area contributed by atoms with Gasteiger partial charge < -0.3 is 0 Å². The predicted molar refractivity (Wildman–Crippen MR) is 430 cm³/mol. The van der Waals surface area contributed by atoms with Gasteiger partial charge in [0.15, 0.2) is 62.0 Å². The van der Waals surface area contributed by atoms with Crippen molar-refractivity contribution in [3.63, 3.8) is 0 Å². The summed E-state index contributed by atoms with van der Waals surface area (Å²) >= 11 is 0. The highest BCUT2D eigenvalue weighted by Gasteiger charge is 2.33. The largest absolute Gasteiger partial charge is 0.283 e. The first kappa shape index (κ1) is 63.5. The van der Waals surface area contributed by atoms with Crippen molar-refractivity contribution < 1.29 is 45.7 Å². The molecule has 0 N–H and O–H groups in total. The molecule has 11 heterocycles. The topological polar surface area (TPSA) is 38.8 Å². The minimum absolute atomic E-state index is 1.05. The number of aromatic nitrogens is 10. The predicted octanol–water partition coefficient (Wildman–Crippen LogP) is 16.9. The first-order chi connectivity index (χ1) is 54.5. The van der Waals surface area contributed by atoms with Crippen LogP contribution in [0.3, 0.4) is 0 Å². The normalized spacial score (nSPS) is 11.6. The second-order valence-electron chi connectivity index (χ2n) is 28.1. The standard InChI is InChI=1S/C100H70N10/c1-11-51-101-81-41-31-71-33-43-83(63-76(71)61-81)103-53-13-3-23-93(103)94-24-5-15-55-105(94)85-45-35-73-37-47-87(67-78(73)65-85)107-57-17-7-27-97(107)98-28-9-19-59-109(98)89-49-39-75-40-50-90(70-80(75)69-89)110-60-20-10-30-100(110)99-29-8-18-58-108(99)88-48-38-74-36-46-86(66-79(74)68-88)106-56-16-6-26-96(106)95-25-4-14-54-104(95)84-44-34-72-32-42-82(62-77(72)64-84)102-52-12-2-22-92(102)91(101)21-1/h1-70H/q+10. The van der Waals surface area contributed by atoms with Gasteiger partial charge in [0, 0.05) is 243 Å². The van der Waals surface area contributed by atoms with Crippen LogP contribution in [0.15, 0.2) is 426 Å². The molecule has 10 nitrogen and oxygen atoms in total. The van der Waals surface area contributed by atoms with E-state index in [0.717, 1.165) is 168 Å². The number of benzene rings is 10. The first-order valence-electron chi connectivity index (χ1n) is 37.3. The van der Waals surface area contributed by atoms with Crippen LogP contribution in [-0.2, 0) is 0 Å². The van der Waals surface area contributed by atoms with Gasteiger partial charge in [0.25, 0.3) is 56.9 Å². The zero-order valence-corrected chi connectivity index (χ0v) is 59.9. The third kappa shape index (κ3) is 11.2. The van der Waals surface area contributed by atoms with Gasteiger partial charge in [0.05, 0.1) is 0 Å². The van der Waals surface area contributed by atoms with Crippen molar-refractivity contribution in [3.05, 3.63) is 426 Å². The minimum atomic E-state index is 1.05. The number of hydrogen-bond donors (Lipinski definition) is 0. The lowest BCUT2D eigenvalue weighted by Gasteiger charge is -2.08. The van der Waals surface area contributed by atoms with Crippen LogP contribution < -0.4 is 45.7 Å². The lowest BCUT2D eigenvalue weighted by atomic mass is 10.1. The quantitative estimate of drug-likeness (QED) is 0.136. The molecule has 10 heteroatoms. The summed E-state index contributed by atoms with van der Waals surface area (Å²) in [5.41, 5.74) is 21.1. The second kappa shape index (κ2) is 26.5. The molecule has 20 aromatic rings. The van der Waals surface area contributed by atoms with Gasteiger partial charge in [-0.05, 0) is 175 Å². The van der Waals surface area contributed by atoms with E-state index in [-0.39, 0.29) is 0 Å². The lowest BCUT2D eigenvalue weighted by Crippen LogP contribution is -2.40. The van der Waals surface area contributed by atoms with Crippen molar-refractivity contribution in [3.8, 4) is 114 Å². The summed E-state index contributed by atoms with van der Waals surface area (Å²) in [6.07, 6.45) is 21.8. The van der Waals surface area contributed by atoms with E-state index < -0.39 is 0 Å². The van der Waals surface area contributed by atoms with Gasteiger partial charge in [-0.25, -0.2) is 0 Å². The summed E-state index contributed by atoms with van der Waals surface area (Å²) in [4.78, 5) is 0. The second-order valence-corrected chi connectivity index (χ2v) is 28.1. The first-order valence-corrected chi connectivity index (χ1v) is 37.3. The van der Waals surface area contributed by atoms with E-state index in [1.165, 1.54) is 0 Å². The molecular formula is C100H70N10+10. The third-order valence-electron chi connectivity index (χ3n) is 21.7. The van der Waals surface area contributed by atoms with Gasteiger partial charge in [-0.2, -0.15) is 45.7 Å². The Kier molecular flexibility index (Phi) is 15.3. The molecule has 0 fully saturated rings. The smallest absolute Gasteiger partial charge is 0.155 e. The molecule has 510 valence electrons. The highest BCUT2D eigenvalue weighted by atomic mass is 15.1. The molecule has 0 aliphatic carbocycles. The van der Waals surface area contributed by atoms with Gasteiger partial charge in [-0.3, -0.25) is 0 Å². The van der Waals surface area contributed by atoms with Crippen molar-refractivity contribution in [2.24, 2.45) is 0 Å². The number of rotatable bonds is 0. The monoisotopic (exact) mass is 1410 g/mol. The molecule has 0 saturated carbocycles. The number of fused-ring (bicyclic) bond motifs is 35. The minimum Gasteiger partial charge on any atom is -0.155 e. The molecule has 21 rings (SSSR count). The van der Waals surface area contributed by atoms with Crippen LogP contribution in [0.2, 0.25) is 0 Å². The molecule has 10 aromatic carbocycles. The zero-order valence-electron chi connectivity index (χ0n) is 59.9. The summed E-state index contributed by atoms with van der Waals surface area (Å²) in [6, 6.07) is 133. The van der Waals surface area contributed by atoms with E-state index in [1.807, 2.05) is 0 Å². The van der Waals surface area contributed by atoms with Crippen molar-refractivity contribution in [2.75, 3.05) is 0 Å². The SMILES string of the molecule is c1cc[n+]2c(c1)-c1cccc[n+]1-c1ccc3ccc(cc3c1)-[n+]1ccccc1-c1cccc[n+]1-c1ccc3ccc(cc3c1)-[n+]1ccccc1-c1cccc[n+]1-c1ccc3ccc(cc3c1)-[n+]1ccccc1-c1cccc[n+]1-c1ccc3ccc(cc3c1)-[n+]1ccccc1-c1cccc[n+]1-c1ccc3ccc-2cc3c1. The number of hydrogen-bond acceptors (Lipinski definition) is 0. The molecular weight excluding hydrogens is 1340 g/mol. The Morgan fingerprint density at radius 1 is 0.100 bits per heavy atom. The van der Waals surface area contributed by atoms with Gasteiger partial charge in [-0.1, -0.05) is 0 Å². The molecule has 0 radical (unpaired) electrons. The third-order valence-corrected chi connectivity index (χ3v) is 21.7. The highest BCUT2D eigenvalue weighted by molar-refractivity contribution is 5.89. The molecule has 0 atom stereocenters. The average molecular weight is 1410 g/mol. The molecule has 0 amide bonds.